The number of rotatable bonds is 2. The summed E-state index contributed by atoms with van der Waals surface area (Å²) in [6.07, 6.45) is 6.75. The van der Waals surface area contributed by atoms with Gasteiger partial charge in [0.25, 0.3) is 0 Å². The summed E-state index contributed by atoms with van der Waals surface area (Å²) >= 11 is 0. The average Bonchev–Trinajstić information content (AvgIpc) is 2.58. The monoisotopic (exact) mass is 357 g/mol. The van der Waals surface area contributed by atoms with Gasteiger partial charge in [-0.25, -0.2) is 0 Å². The lowest BCUT2D eigenvalue weighted by atomic mass is 9.38. The zero-order valence-electron chi connectivity index (χ0n) is 16.4. The van der Waals surface area contributed by atoms with Gasteiger partial charge in [0.1, 0.15) is 5.76 Å². The van der Waals surface area contributed by atoms with Gasteiger partial charge in [-0.15, -0.1) is 0 Å². The molecule has 4 nitrogen and oxygen atoms in total. The predicted molar refractivity (Wildman–Crippen MR) is 102 cm³/mol. The number of nitrogens with two attached hydrogens (primary N) is 1. The molecule has 4 atom stereocenters. The van der Waals surface area contributed by atoms with Gasteiger partial charge in [0.15, 0.2) is 0 Å². The number of aliphatic hydroxyl groups is 1. The second kappa shape index (κ2) is 5.83. The number of Topliss-reactive ketones (excluding diaryl/α,β-unsaturated/α-hetero) is 1. The molecule has 0 spiro atoms. The topological polar surface area (TPSA) is 80.4 Å². The van der Waals surface area contributed by atoms with Crippen LogP contribution < -0.4 is 5.73 Å². The van der Waals surface area contributed by atoms with Crippen molar-refractivity contribution in [3.8, 4) is 0 Å². The van der Waals surface area contributed by atoms with Crippen LogP contribution >= 0.6 is 0 Å². The van der Waals surface area contributed by atoms with E-state index in [9.17, 15) is 14.7 Å². The van der Waals surface area contributed by atoms with Crippen LogP contribution in [0, 0.1) is 22.2 Å². The molecule has 4 heteroatoms. The highest BCUT2D eigenvalue weighted by atomic mass is 16.3. The fraction of sp³-hybridized carbons (Fsp3) is 0.636. The number of ketones is 2. The number of carbonyl (C=O) groups excluding carboxylic acids is 2. The van der Waals surface area contributed by atoms with E-state index in [0.29, 0.717) is 12.3 Å². The minimum atomic E-state index is -0.636. The maximum atomic E-state index is 12.5. The third kappa shape index (κ3) is 2.27. The van der Waals surface area contributed by atoms with Gasteiger partial charge in [0.2, 0.25) is 11.6 Å². The van der Waals surface area contributed by atoms with Crippen LogP contribution in [-0.4, -0.2) is 16.7 Å². The number of hydrogen-bond acceptors (Lipinski definition) is 4. The Morgan fingerprint density at radius 1 is 1.27 bits per heavy atom. The fourth-order valence-electron chi connectivity index (χ4n) is 5.94. The number of allylic oxidation sites excluding steroid dienone is 3. The molecule has 3 N–H and O–H groups in total. The van der Waals surface area contributed by atoms with Crippen LogP contribution in [0.5, 0.6) is 0 Å². The lowest BCUT2D eigenvalue weighted by Crippen LogP contribution is -2.58. The largest absolute Gasteiger partial charge is 0.505 e. The number of hydrogen-bond donors (Lipinski definition) is 2. The molecule has 0 amide bonds. The van der Waals surface area contributed by atoms with E-state index in [4.69, 9.17) is 5.73 Å². The van der Waals surface area contributed by atoms with Crippen molar-refractivity contribution in [1.82, 2.24) is 0 Å². The minimum Gasteiger partial charge on any atom is -0.505 e. The lowest BCUT2D eigenvalue weighted by molar-refractivity contribution is -0.138. The molecule has 3 aliphatic carbocycles. The molecule has 0 heterocycles. The second-order valence-electron chi connectivity index (χ2n) is 9.28. The van der Waals surface area contributed by atoms with Crippen molar-refractivity contribution in [2.45, 2.75) is 66.2 Å². The molecular formula is C22H31NO3. The number of aliphatic hydroxyl groups excluding tert-OH is 1. The van der Waals surface area contributed by atoms with Gasteiger partial charge in [0.05, 0.1) is 5.70 Å². The van der Waals surface area contributed by atoms with E-state index >= 15 is 0 Å². The zero-order valence-corrected chi connectivity index (χ0v) is 16.4. The van der Waals surface area contributed by atoms with Crippen LogP contribution in [0.25, 0.3) is 0 Å². The molecule has 0 bridgehead atoms. The highest BCUT2D eigenvalue weighted by Crippen LogP contribution is 2.70. The van der Waals surface area contributed by atoms with E-state index in [1.165, 1.54) is 5.57 Å². The van der Waals surface area contributed by atoms with Gasteiger partial charge in [-0.2, -0.15) is 0 Å². The molecule has 142 valence electrons. The molecule has 0 saturated heterocycles. The molecule has 3 rings (SSSR count). The summed E-state index contributed by atoms with van der Waals surface area (Å²) in [4.78, 5) is 24.5. The summed E-state index contributed by atoms with van der Waals surface area (Å²) < 4.78 is 0. The molecule has 0 aliphatic heterocycles. The summed E-state index contributed by atoms with van der Waals surface area (Å²) in [5.74, 6) is -1.10. The molecule has 2 fully saturated rings. The maximum absolute atomic E-state index is 12.5. The molecular weight excluding hydrogens is 326 g/mol. The van der Waals surface area contributed by atoms with E-state index in [2.05, 4.69) is 34.3 Å². The Kier molecular flexibility index (Phi) is 4.25. The summed E-state index contributed by atoms with van der Waals surface area (Å²) in [6.45, 7) is 13.5. The average molecular weight is 357 g/mol. The lowest BCUT2D eigenvalue weighted by Gasteiger charge is -2.66. The summed E-state index contributed by atoms with van der Waals surface area (Å²) in [7, 11) is 0. The maximum Gasteiger partial charge on any atom is 0.232 e. The van der Waals surface area contributed by atoms with Crippen LogP contribution in [0.3, 0.4) is 0 Å². The molecule has 2 saturated carbocycles. The highest BCUT2D eigenvalue weighted by Gasteiger charge is 2.62. The Hall–Kier alpha value is -1.84. The summed E-state index contributed by atoms with van der Waals surface area (Å²) in [5.41, 5.74) is 6.98. The second-order valence-corrected chi connectivity index (χ2v) is 9.28. The standard InChI is InChI=1S/C22H31NO3/c1-13-7-6-9-22(5)20(13,3)10-8-14(2)21(22,4)12-15-18(25)16(23)11-17(24)19(15)26/h11,14,25H,1,6-10,12,23H2,2-5H3. The SMILES string of the molecule is C=C1CCCC2(C)C1(C)CCC(C)C2(C)CC1=C(O)C(N)=CC(=O)C1=O. The van der Waals surface area contributed by atoms with Crippen molar-refractivity contribution < 1.29 is 14.7 Å². The van der Waals surface area contributed by atoms with Gasteiger partial charge < -0.3 is 10.8 Å². The first-order chi connectivity index (χ1) is 12.0. The third-order valence-corrected chi connectivity index (χ3v) is 8.47. The first-order valence-electron chi connectivity index (χ1n) is 9.64. The van der Waals surface area contributed by atoms with Crippen LogP contribution in [0.1, 0.15) is 66.2 Å². The van der Waals surface area contributed by atoms with E-state index in [1.807, 2.05) is 0 Å². The van der Waals surface area contributed by atoms with Gasteiger partial charge in [-0.05, 0) is 60.7 Å². The van der Waals surface area contributed by atoms with Crippen molar-refractivity contribution in [2.75, 3.05) is 0 Å². The van der Waals surface area contributed by atoms with Crippen molar-refractivity contribution in [3.63, 3.8) is 0 Å². The van der Waals surface area contributed by atoms with Crippen molar-refractivity contribution >= 4 is 11.6 Å². The smallest absolute Gasteiger partial charge is 0.232 e. The predicted octanol–water partition coefficient (Wildman–Crippen LogP) is 4.37. The Labute approximate surface area is 156 Å². The molecule has 26 heavy (non-hydrogen) atoms. The summed E-state index contributed by atoms with van der Waals surface area (Å²) in [6, 6.07) is 0. The quantitative estimate of drug-likeness (QED) is 0.437. The normalized spacial score (nSPS) is 41.2. The van der Waals surface area contributed by atoms with Crippen LogP contribution in [-0.2, 0) is 9.59 Å². The number of fused-ring (bicyclic) bond motifs is 1. The highest BCUT2D eigenvalue weighted by molar-refractivity contribution is 6.48. The molecule has 0 aromatic carbocycles. The van der Waals surface area contributed by atoms with E-state index in [0.717, 1.165) is 38.2 Å². The van der Waals surface area contributed by atoms with Crippen LogP contribution in [0.4, 0.5) is 0 Å². The van der Waals surface area contributed by atoms with E-state index in [1.54, 1.807) is 0 Å². The van der Waals surface area contributed by atoms with Crippen LogP contribution in [0.15, 0.2) is 35.3 Å². The zero-order chi connectivity index (χ0) is 19.5. The minimum absolute atomic E-state index is 0.00219. The van der Waals surface area contributed by atoms with Crippen molar-refractivity contribution in [3.05, 3.63) is 35.3 Å². The molecule has 0 aromatic heterocycles. The molecule has 3 aliphatic rings. The Bertz CT molecular complexity index is 761. The van der Waals surface area contributed by atoms with Gasteiger partial charge in [-0.3, -0.25) is 9.59 Å². The van der Waals surface area contributed by atoms with Gasteiger partial charge in [-0.1, -0.05) is 39.8 Å². The Morgan fingerprint density at radius 2 is 1.92 bits per heavy atom. The Balaban J connectivity index is 2.11. The van der Waals surface area contributed by atoms with E-state index < -0.39 is 11.6 Å². The first kappa shape index (κ1) is 18.9. The fourth-order valence-corrected chi connectivity index (χ4v) is 5.94. The van der Waals surface area contributed by atoms with Gasteiger partial charge in [0, 0.05) is 11.6 Å². The van der Waals surface area contributed by atoms with Gasteiger partial charge >= 0.3 is 0 Å². The first-order valence-corrected chi connectivity index (χ1v) is 9.64. The summed E-state index contributed by atoms with van der Waals surface area (Å²) in [5, 5.41) is 10.4. The van der Waals surface area contributed by atoms with Crippen molar-refractivity contribution in [1.29, 1.82) is 0 Å². The Morgan fingerprint density at radius 3 is 2.58 bits per heavy atom. The molecule has 0 radical (unpaired) electrons. The van der Waals surface area contributed by atoms with Crippen LogP contribution in [0.2, 0.25) is 0 Å². The third-order valence-electron chi connectivity index (χ3n) is 8.47. The molecule has 4 unspecified atom stereocenters. The van der Waals surface area contributed by atoms with Crippen molar-refractivity contribution in [2.24, 2.45) is 27.9 Å². The molecule has 0 aromatic rings. The number of carbonyl (C=O) groups is 2. The van der Waals surface area contributed by atoms with E-state index in [-0.39, 0.29) is 33.3 Å².